The minimum Gasteiger partial charge on any atom is -0.295 e. The molecule has 92 valence electrons. The van der Waals surface area contributed by atoms with Crippen molar-refractivity contribution in [3.8, 4) is 0 Å². The van der Waals surface area contributed by atoms with E-state index in [0.29, 0.717) is 0 Å². The molecule has 0 spiro atoms. The fraction of sp³-hybridized carbons (Fsp3) is 0.250. The van der Waals surface area contributed by atoms with Gasteiger partial charge in [0, 0.05) is 6.42 Å². The molecule has 1 saturated heterocycles. The first-order chi connectivity index (χ1) is 8.61. The van der Waals surface area contributed by atoms with E-state index in [1.807, 2.05) is 25.1 Å². The van der Waals surface area contributed by atoms with Crippen LogP contribution in [0.4, 0.5) is 0 Å². The SMILES string of the molecule is Cc1ccc2sc(SC3CC(=O)NC3=O)nc2c1. The number of fused-ring (bicyclic) bond motifs is 1. The van der Waals surface area contributed by atoms with E-state index >= 15 is 0 Å². The number of rotatable bonds is 2. The van der Waals surface area contributed by atoms with Gasteiger partial charge in [-0.1, -0.05) is 17.8 Å². The molecular weight excluding hydrogens is 268 g/mol. The average molecular weight is 278 g/mol. The number of hydrogen-bond donors (Lipinski definition) is 1. The van der Waals surface area contributed by atoms with Crippen molar-refractivity contribution in [1.82, 2.24) is 10.3 Å². The van der Waals surface area contributed by atoms with E-state index in [2.05, 4.69) is 10.3 Å². The lowest BCUT2D eigenvalue weighted by Gasteiger charge is -2.00. The van der Waals surface area contributed by atoms with Crippen LogP contribution in [0.2, 0.25) is 0 Å². The molecule has 1 aliphatic heterocycles. The van der Waals surface area contributed by atoms with Gasteiger partial charge in [0.2, 0.25) is 11.8 Å². The van der Waals surface area contributed by atoms with E-state index in [-0.39, 0.29) is 23.5 Å². The molecule has 1 atom stereocenters. The molecule has 2 heterocycles. The summed E-state index contributed by atoms with van der Waals surface area (Å²) in [6, 6.07) is 6.10. The monoisotopic (exact) mass is 278 g/mol. The topological polar surface area (TPSA) is 59.1 Å². The maximum Gasteiger partial charge on any atom is 0.240 e. The van der Waals surface area contributed by atoms with Crippen molar-refractivity contribution in [1.29, 1.82) is 0 Å². The van der Waals surface area contributed by atoms with Crippen LogP contribution in [0, 0.1) is 6.92 Å². The fourth-order valence-electron chi connectivity index (χ4n) is 1.81. The summed E-state index contributed by atoms with van der Waals surface area (Å²) < 4.78 is 1.94. The second kappa shape index (κ2) is 4.37. The highest BCUT2D eigenvalue weighted by Crippen LogP contribution is 2.34. The Bertz CT molecular complexity index is 651. The number of amides is 2. The van der Waals surface area contributed by atoms with Crippen LogP contribution in [0.1, 0.15) is 12.0 Å². The molecule has 0 bridgehead atoms. The van der Waals surface area contributed by atoms with Gasteiger partial charge in [0.05, 0.1) is 15.5 Å². The van der Waals surface area contributed by atoms with Gasteiger partial charge in [-0.2, -0.15) is 0 Å². The van der Waals surface area contributed by atoms with Crippen LogP contribution in [0.5, 0.6) is 0 Å². The molecule has 1 fully saturated rings. The lowest BCUT2D eigenvalue weighted by Crippen LogP contribution is -2.22. The van der Waals surface area contributed by atoms with Crippen molar-refractivity contribution in [3.05, 3.63) is 23.8 Å². The molecule has 0 radical (unpaired) electrons. The summed E-state index contributed by atoms with van der Waals surface area (Å²) in [5.41, 5.74) is 2.12. The standard InChI is InChI=1S/C12H10N2O2S2/c1-6-2-3-8-7(4-6)13-12(17-8)18-9-5-10(15)14-11(9)16/h2-4,9H,5H2,1H3,(H,14,15,16). The van der Waals surface area contributed by atoms with Crippen molar-refractivity contribution in [3.63, 3.8) is 0 Å². The van der Waals surface area contributed by atoms with Crippen LogP contribution < -0.4 is 5.32 Å². The smallest absolute Gasteiger partial charge is 0.240 e. The highest BCUT2D eigenvalue weighted by molar-refractivity contribution is 8.02. The summed E-state index contributed by atoms with van der Waals surface area (Å²) in [5.74, 6) is -0.408. The fourth-order valence-corrected chi connectivity index (χ4v) is 4.10. The van der Waals surface area contributed by atoms with Gasteiger partial charge >= 0.3 is 0 Å². The number of hydrogen-bond acceptors (Lipinski definition) is 5. The predicted octanol–water partition coefficient (Wildman–Crippen LogP) is 2.11. The number of benzene rings is 1. The minimum absolute atomic E-state index is 0.200. The molecule has 1 unspecified atom stereocenters. The van der Waals surface area contributed by atoms with Crippen molar-refractivity contribution >= 4 is 45.1 Å². The molecule has 3 rings (SSSR count). The molecule has 18 heavy (non-hydrogen) atoms. The summed E-state index contributed by atoms with van der Waals surface area (Å²) in [6.07, 6.45) is 0.248. The zero-order valence-corrected chi connectivity index (χ0v) is 11.2. The maximum atomic E-state index is 11.5. The lowest BCUT2D eigenvalue weighted by molar-refractivity contribution is -0.124. The van der Waals surface area contributed by atoms with Gasteiger partial charge in [-0.25, -0.2) is 4.98 Å². The quantitative estimate of drug-likeness (QED) is 0.855. The highest BCUT2D eigenvalue weighted by Gasteiger charge is 2.32. The third kappa shape index (κ3) is 2.13. The maximum absolute atomic E-state index is 11.5. The number of thioether (sulfide) groups is 1. The van der Waals surface area contributed by atoms with Gasteiger partial charge in [-0.3, -0.25) is 14.9 Å². The normalized spacial score (nSPS) is 19.5. The average Bonchev–Trinajstić information content (AvgIpc) is 2.82. The Morgan fingerprint density at radius 1 is 1.44 bits per heavy atom. The summed E-state index contributed by atoms with van der Waals surface area (Å²) in [7, 11) is 0. The molecule has 2 aromatic rings. The van der Waals surface area contributed by atoms with E-state index < -0.39 is 0 Å². The highest BCUT2D eigenvalue weighted by atomic mass is 32.2. The van der Waals surface area contributed by atoms with Gasteiger partial charge in [-0.05, 0) is 24.6 Å². The van der Waals surface area contributed by atoms with E-state index in [0.717, 1.165) is 20.1 Å². The zero-order chi connectivity index (χ0) is 12.7. The van der Waals surface area contributed by atoms with Gasteiger partial charge in [0.15, 0.2) is 4.34 Å². The second-order valence-corrected chi connectivity index (χ2v) is 6.65. The van der Waals surface area contributed by atoms with Crippen molar-refractivity contribution in [2.45, 2.75) is 22.9 Å². The Hall–Kier alpha value is -1.40. The first kappa shape index (κ1) is 11.7. The third-order valence-electron chi connectivity index (χ3n) is 2.69. The summed E-state index contributed by atoms with van der Waals surface area (Å²) in [6.45, 7) is 2.02. The van der Waals surface area contributed by atoms with Crippen molar-refractivity contribution in [2.24, 2.45) is 0 Å². The largest absolute Gasteiger partial charge is 0.295 e. The van der Waals surface area contributed by atoms with Gasteiger partial charge < -0.3 is 0 Å². The van der Waals surface area contributed by atoms with Gasteiger partial charge in [0.25, 0.3) is 0 Å². The Kier molecular flexibility index (Phi) is 2.83. The van der Waals surface area contributed by atoms with E-state index in [1.54, 1.807) is 11.3 Å². The van der Waals surface area contributed by atoms with Crippen LogP contribution in [0.25, 0.3) is 10.2 Å². The Labute approximate surface area is 112 Å². The molecule has 1 aromatic carbocycles. The van der Waals surface area contributed by atoms with E-state index in [4.69, 9.17) is 0 Å². The molecule has 1 aliphatic rings. The van der Waals surface area contributed by atoms with Crippen molar-refractivity contribution in [2.75, 3.05) is 0 Å². The summed E-state index contributed by atoms with van der Waals surface area (Å²) in [5, 5.41) is 1.97. The molecular formula is C12H10N2O2S2. The molecule has 0 saturated carbocycles. The second-order valence-electron chi connectivity index (χ2n) is 4.17. The lowest BCUT2D eigenvalue weighted by atomic mass is 10.2. The summed E-state index contributed by atoms with van der Waals surface area (Å²) in [4.78, 5) is 27.1. The van der Waals surface area contributed by atoms with Gasteiger partial charge in [-0.15, -0.1) is 11.3 Å². The number of nitrogens with zero attached hydrogens (tertiary/aromatic N) is 1. The number of carbonyl (C=O) groups excluding carboxylic acids is 2. The number of imide groups is 1. The van der Waals surface area contributed by atoms with Crippen molar-refractivity contribution < 1.29 is 9.59 Å². The van der Waals surface area contributed by atoms with Crippen LogP contribution in [0.3, 0.4) is 0 Å². The first-order valence-electron chi connectivity index (χ1n) is 5.49. The number of aryl methyl sites for hydroxylation is 1. The Morgan fingerprint density at radius 3 is 3.00 bits per heavy atom. The van der Waals surface area contributed by atoms with Crippen LogP contribution in [0.15, 0.2) is 22.5 Å². The number of nitrogens with one attached hydrogen (secondary N) is 1. The number of carbonyl (C=O) groups is 2. The van der Waals surface area contributed by atoms with Crippen LogP contribution in [-0.2, 0) is 9.59 Å². The molecule has 1 N–H and O–H groups in total. The Balaban J connectivity index is 1.87. The first-order valence-corrected chi connectivity index (χ1v) is 7.19. The van der Waals surface area contributed by atoms with Crippen LogP contribution in [-0.4, -0.2) is 22.0 Å². The third-order valence-corrected chi connectivity index (χ3v) is 5.02. The van der Waals surface area contributed by atoms with Crippen LogP contribution >= 0.6 is 23.1 Å². The number of aromatic nitrogens is 1. The predicted molar refractivity (Wildman–Crippen MR) is 71.8 cm³/mol. The van der Waals surface area contributed by atoms with Gasteiger partial charge in [0.1, 0.15) is 0 Å². The Morgan fingerprint density at radius 2 is 2.28 bits per heavy atom. The molecule has 4 nitrogen and oxygen atoms in total. The van der Waals surface area contributed by atoms with E-state index in [1.165, 1.54) is 11.8 Å². The molecule has 2 amide bonds. The molecule has 0 aliphatic carbocycles. The molecule has 1 aromatic heterocycles. The summed E-state index contributed by atoms with van der Waals surface area (Å²) >= 11 is 2.93. The number of thiazole rings is 1. The molecule has 6 heteroatoms. The zero-order valence-electron chi connectivity index (χ0n) is 9.60. The van der Waals surface area contributed by atoms with E-state index in [9.17, 15) is 9.59 Å². The minimum atomic E-state index is -0.334.